The highest BCUT2D eigenvalue weighted by Crippen LogP contribution is 2.33. The van der Waals surface area contributed by atoms with Crippen molar-refractivity contribution in [1.29, 1.82) is 0 Å². The Morgan fingerprint density at radius 1 is 1.33 bits per heavy atom. The summed E-state index contributed by atoms with van der Waals surface area (Å²) >= 11 is 0. The third-order valence-electron chi connectivity index (χ3n) is 4.29. The van der Waals surface area contributed by atoms with Crippen LogP contribution in [0.5, 0.6) is 0 Å². The van der Waals surface area contributed by atoms with E-state index in [1.54, 1.807) is 6.92 Å². The summed E-state index contributed by atoms with van der Waals surface area (Å²) in [6.07, 6.45) is 4.82. The van der Waals surface area contributed by atoms with Gasteiger partial charge in [-0.05, 0) is 50.3 Å². The van der Waals surface area contributed by atoms with Crippen molar-refractivity contribution < 1.29 is 9.18 Å². The molecule has 0 heterocycles. The number of anilines is 1. The van der Waals surface area contributed by atoms with Gasteiger partial charge >= 0.3 is 0 Å². The number of nitrogens with zero attached hydrogens (tertiary/aromatic N) is 1. The first kappa shape index (κ1) is 16.0. The molecule has 3 heteroatoms. The molecule has 0 atom stereocenters. The fourth-order valence-corrected chi connectivity index (χ4v) is 3.24. The number of halogens is 1. The average molecular weight is 291 g/mol. The second-order valence-electron chi connectivity index (χ2n) is 6.66. The Balaban J connectivity index is 2.47. The van der Waals surface area contributed by atoms with Crippen LogP contribution in [0.4, 0.5) is 10.1 Å². The van der Waals surface area contributed by atoms with Crippen LogP contribution in [0.15, 0.2) is 12.1 Å². The van der Waals surface area contributed by atoms with Crippen LogP contribution in [0.1, 0.15) is 62.4 Å². The first-order valence-corrected chi connectivity index (χ1v) is 7.98. The molecular weight excluding hydrogens is 265 g/mol. The van der Waals surface area contributed by atoms with Gasteiger partial charge in [0.2, 0.25) is 0 Å². The maximum Gasteiger partial charge on any atom is 0.161 e. The van der Waals surface area contributed by atoms with Gasteiger partial charge in [0, 0.05) is 23.8 Å². The number of aryl methyl sites for hydroxylation is 1. The van der Waals surface area contributed by atoms with E-state index < -0.39 is 0 Å². The van der Waals surface area contributed by atoms with Gasteiger partial charge in [0.15, 0.2) is 5.78 Å². The fraction of sp³-hybridized carbons (Fsp3) is 0.611. The number of hydrogen-bond acceptors (Lipinski definition) is 2. The Labute approximate surface area is 127 Å². The first-order valence-electron chi connectivity index (χ1n) is 7.98. The maximum absolute atomic E-state index is 13.9. The molecule has 1 aromatic rings. The number of Topliss-reactive ketones (excluding diaryl/α,β-unsaturated/α-hetero) is 1. The topological polar surface area (TPSA) is 20.3 Å². The van der Waals surface area contributed by atoms with Crippen molar-refractivity contribution >= 4 is 11.5 Å². The average Bonchev–Trinajstić information content (AvgIpc) is 2.92. The number of rotatable bonds is 5. The molecule has 0 unspecified atom stereocenters. The van der Waals surface area contributed by atoms with E-state index in [9.17, 15) is 9.18 Å². The smallest absolute Gasteiger partial charge is 0.161 e. The van der Waals surface area contributed by atoms with Crippen molar-refractivity contribution in [2.45, 2.75) is 59.4 Å². The largest absolute Gasteiger partial charge is 0.368 e. The first-order chi connectivity index (χ1) is 9.90. The minimum atomic E-state index is -0.292. The molecule has 0 N–H and O–H groups in total. The molecule has 2 nitrogen and oxygen atoms in total. The van der Waals surface area contributed by atoms with Crippen LogP contribution in [-0.2, 0) is 0 Å². The van der Waals surface area contributed by atoms with E-state index in [0.29, 0.717) is 23.1 Å². The molecule has 0 saturated heterocycles. The van der Waals surface area contributed by atoms with Crippen molar-refractivity contribution in [1.82, 2.24) is 0 Å². The SMILES string of the molecule is CC(=O)c1cc(F)c(C)cc1N(CC(C)C)C1CCCC1. The molecule has 0 radical (unpaired) electrons. The molecule has 0 spiro atoms. The molecule has 0 amide bonds. The van der Waals surface area contributed by atoms with Gasteiger partial charge in [-0.2, -0.15) is 0 Å². The Bertz CT molecular complexity index is 518. The van der Waals surface area contributed by atoms with Crippen LogP contribution >= 0.6 is 0 Å². The van der Waals surface area contributed by atoms with Crippen molar-refractivity contribution in [3.63, 3.8) is 0 Å². The Kier molecular flexibility index (Phi) is 5.02. The van der Waals surface area contributed by atoms with E-state index in [2.05, 4.69) is 18.7 Å². The monoisotopic (exact) mass is 291 g/mol. The van der Waals surface area contributed by atoms with Gasteiger partial charge in [0.25, 0.3) is 0 Å². The van der Waals surface area contributed by atoms with Gasteiger partial charge in [0.1, 0.15) is 5.82 Å². The van der Waals surface area contributed by atoms with Crippen LogP contribution in [0.2, 0.25) is 0 Å². The summed E-state index contributed by atoms with van der Waals surface area (Å²) in [6.45, 7) is 8.58. The molecule has 0 aromatic heterocycles. The molecule has 1 saturated carbocycles. The Hall–Kier alpha value is -1.38. The highest BCUT2D eigenvalue weighted by molar-refractivity contribution is 6.00. The second kappa shape index (κ2) is 6.59. The van der Waals surface area contributed by atoms with Gasteiger partial charge in [-0.15, -0.1) is 0 Å². The second-order valence-corrected chi connectivity index (χ2v) is 6.66. The van der Waals surface area contributed by atoms with Crippen LogP contribution in [0.25, 0.3) is 0 Å². The standard InChI is InChI=1S/C18H26FNO/c1-12(2)11-20(15-7-5-6-8-15)18-9-13(3)17(19)10-16(18)14(4)21/h9-10,12,15H,5-8,11H2,1-4H3. The number of ketones is 1. The summed E-state index contributed by atoms with van der Waals surface area (Å²) in [6, 6.07) is 3.75. The highest BCUT2D eigenvalue weighted by atomic mass is 19.1. The van der Waals surface area contributed by atoms with E-state index >= 15 is 0 Å². The molecule has 116 valence electrons. The van der Waals surface area contributed by atoms with E-state index in [4.69, 9.17) is 0 Å². The molecule has 0 bridgehead atoms. The lowest BCUT2D eigenvalue weighted by Gasteiger charge is -2.34. The van der Waals surface area contributed by atoms with Crippen molar-refractivity contribution in [2.24, 2.45) is 5.92 Å². The third-order valence-corrected chi connectivity index (χ3v) is 4.29. The van der Waals surface area contributed by atoms with E-state index in [-0.39, 0.29) is 11.6 Å². The third kappa shape index (κ3) is 3.63. The molecule has 21 heavy (non-hydrogen) atoms. The zero-order chi connectivity index (χ0) is 15.6. The summed E-state index contributed by atoms with van der Waals surface area (Å²) in [7, 11) is 0. The van der Waals surface area contributed by atoms with Crippen LogP contribution < -0.4 is 4.90 Å². The summed E-state index contributed by atoms with van der Waals surface area (Å²) < 4.78 is 13.9. The molecule has 1 aromatic carbocycles. The van der Waals surface area contributed by atoms with Gasteiger partial charge in [0.05, 0.1) is 0 Å². The molecule has 0 aliphatic heterocycles. The van der Waals surface area contributed by atoms with Gasteiger partial charge in [-0.25, -0.2) is 4.39 Å². The van der Waals surface area contributed by atoms with Crippen molar-refractivity contribution in [3.05, 3.63) is 29.1 Å². The predicted octanol–water partition coefficient (Wildman–Crippen LogP) is 4.74. The summed E-state index contributed by atoms with van der Waals surface area (Å²) in [5.74, 6) is 0.159. The quantitative estimate of drug-likeness (QED) is 0.730. The summed E-state index contributed by atoms with van der Waals surface area (Å²) in [5.41, 5.74) is 2.05. The Morgan fingerprint density at radius 3 is 2.48 bits per heavy atom. The van der Waals surface area contributed by atoms with Crippen molar-refractivity contribution in [2.75, 3.05) is 11.4 Å². The van der Waals surface area contributed by atoms with Crippen LogP contribution in [-0.4, -0.2) is 18.4 Å². The molecule has 1 fully saturated rings. The lowest BCUT2D eigenvalue weighted by molar-refractivity contribution is 0.101. The van der Waals surface area contributed by atoms with Crippen LogP contribution in [0.3, 0.4) is 0 Å². The van der Waals surface area contributed by atoms with E-state index in [1.165, 1.54) is 38.7 Å². The van der Waals surface area contributed by atoms with Crippen molar-refractivity contribution in [3.8, 4) is 0 Å². The number of hydrogen-bond donors (Lipinski definition) is 0. The number of carbonyl (C=O) groups excluding carboxylic acids is 1. The zero-order valence-corrected chi connectivity index (χ0v) is 13.6. The lowest BCUT2D eigenvalue weighted by atomic mass is 10.0. The Morgan fingerprint density at radius 2 is 1.95 bits per heavy atom. The van der Waals surface area contributed by atoms with E-state index in [1.807, 2.05) is 6.07 Å². The number of carbonyl (C=O) groups is 1. The molecule has 2 rings (SSSR count). The number of benzene rings is 1. The minimum absolute atomic E-state index is 0.0596. The van der Waals surface area contributed by atoms with E-state index in [0.717, 1.165) is 12.2 Å². The highest BCUT2D eigenvalue weighted by Gasteiger charge is 2.26. The normalized spacial score (nSPS) is 15.7. The summed E-state index contributed by atoms with van der Waals surface area (Å²) in [5, 5.41) is 0. The minimum Gasteiger partial charge on any atom is -0.368 e. The van der Waals surface area contributed by atoms with Gasteiger partial charge in [-0.1, -0.05) is 26.7 Å². The maximum atomic E-state index is 13.9. The van der Waals surface area contributed by atoms with Gasteiger partial charge < -0.3 is 4.90 Å². The van der Waals surface area contributed by atoms with Crippen LogP contribution in [0, 0.1) is 18.7 Å². The zero-order valence-electron chi connectivity index (χ0n) is 13.6. The predicted molar refractivity (Wildman–Crippen MR) is 85.6 cm³/mol. The molecule has 1 aliphatic carbocycles. The summed E-state index contributed by atoms with van der Waals surface area (Å²) in [4.78, 5) is 14.3. The van der Waals surface area contributed by atoms with Gasteiger partial charge in [-0.3, -0.25) is 4.79 Å². The molecule has 1 aliphatic rings. The lowest BCUT2D eigenvalue weighted by Crippen LogP contribution is -2.37. The fourth-order valence-electron chi connectivity index (χ4n) is 3.24. The molecular formula is C18H26FNO.